The molecule has 1 saturated heterocycles. The van der Waals surface area contributed by atoms with Gasteiger partial charge in [-0.3, -0.25) is 9.59 Å². The zero-order valence-electron chi connectivity index (χ0n) is 9.08. The summed E-state index contributed by atoms with van der Waals surface area (Å²) < 4.78 is 25.6. The highest BCUT2D eigenvalue weighted by Crippen LogP contribution is 2.13. The monoisotopic (exact) mass is 239 g/mol. The fraction of sp³-hybridized carbons (Fsp3) is 0.333. The van der Waals surface area contributed by atoms with Crippen molar-refractivity contribution in [2.24, 2.45) is 0 Å². The van der Waals surface area contributed by atoms with Gasteiger partial charge in [0.05, 0.1) is 6.54 Å². The molecule has 0 aliphatic carbocycles. The molecule has 1 fully saturated rings. The molecule has 2 rings (SSSR count). The van der Waals surface area contributed by atoms with Crippen molar-refractivity contribution in [2.45, 2.75) is 12.8 Å². The van der Waals surface area contributed by atoms with E-state index in [1.54, 1.807) is 0 Å². The zero-order chi connectivity index (χ0) is 12.4. The minimum atomic E-state index is -1.05. The molecule has 0 bridgehead atoms. The smallest absolute Gasteiger partial charge is 0.223 e. The quantitative estimate of drug-likeness (QED) is 0.754. The van der Waals surface area contributed by atoms with Gasteiger partial charge in [0.1, 0.15) is 0 Å². The number of Topliss-reactive ketones (excluding diaryl/α,β-unsaturated/α-hetero) is 1. The molecule has 3 nitrogen and oxygen atoms in total. The molecule has 1 amide bonds. The van der Waals surface area contributed by atoms with Crippen molar-refractivity contribution in [3.63, 3.8) is 0 Å². The highest BCUT2D eigenvalue weighted by Gasteiger charge is 2.23. The minimum Gasteiger partial charge on any atom is -0.335 e. The summed E-state index contributed by atoms with van der Waals surface area (Å²) >= 11 is 0. The van der Waals surface area contributed by atoms with Crippen LogP contribution in [0.15, 0.2) is 18.2 Å². The first-order chi connectivity index (χ1) is 8.08. The van der Waals surface area contributed by atoms with E-state index >= 15 is 0 Å². The lowest BCUT2D eigenvalue weighted by atomic mass is 10.1. The zero-order valence-corrected chi connectivity index (χ0v) is 9.08. The summed E-state index contributed by atoms with van der Waals surface area (Å²) in [7, 11) is 0. The van der Waals surface area contributed by atoms with Crippen LogP contribution in [0.4, 0.5) is 8.78 Å². The second-order valence-corrected chi connectivity index (χ2v) is 3.97. The lowest BCUT2D eigenvalue weighted by Crippen LogP contribution is -2.30. The number of amides is 1. The summed E-state index contributed by atoms with van der Waals surface area (Å²) in [6, 6.07) is 2.99. The Hall–Kier alpha value is -1.78. The Morgan fingerprint density at radius 2 is 2.06 bits per heavy atom. The predicted molar refractivity (Wildman–Crippen MR) is 56.5 cm³/mol. The average Bonchev–Trinajstić information content (AvgIpc) is 2.68. The van der Waals surface area contributed by atoms with Crippen molar-refractivity contribution >= 4 is 11.7 Å². The Morgan fingerprint density at radius 3 is 2.65 bits per heavy atom. The number of hydrogen-bond donors (Lipinski definition) is 0. The van der Waals surface area contributed by atoms with Crippen LogP contribution < -0.4 is 0 Å². The molecule has 0 N–H and O–H groups in total. The molecule has 0 radical (unpaired) electrons. The molecule has 1 aromatic carbocycles. The molecule has 1 aliphatic rings. The van der Waals surface area contributed by atoms with Crippen LogP contribution in [0, 0.1) is 11.6 Å². The molecule has 5 heteroatoms. The number of carbonyl (C=O) groups excluding carboxylic acids is 2. The van der Waals surface area contributed by atoms with Crippen LogP contribution in [0.1, 0.15) is 23.2 Å². The SMILES string of the molecule is O=C(CN1CCCC1=O)c1ccc(F)c(F)c1. The summed E-state index contributed by atoms with van der Waals surface area (Å²) in [4.78, 5) is 24.5. The van der Waals surface area contributed by atoms with Gasteiger partial charge in [-0.05, 0) is 24.6 Å². The maximum atomic E-state index is 12.9. The molecule has 1 aliphatic heterocycles. The van der Waals surface area contributed by atoms with Gasteiger partial charge in [-0.25, -0.2) is 8.78 Å². The highest BCUT2D eigenvalue weighted by molar-refractivity contribution is 5.99. The molecule has 0 aromatic heterocycles. The van der Waals surface area contributed by atoms with Gasteiger partial charge < -0.3 is 4.90 Å². The average molecular weight is 239 g/mol. The van der Waals surface area contributed by atoms with Crippen molar-refractivity contribution in [2.75, 3.05) is 13.1 Å². The summed E-state index contributed by atoms with van der Waals surface area (Å²) in [6.45, 7) is 0.484. The third kappa shape index (κ3) is 2.49. The largest absolute Gasteiger partial charge is 0.335 e. The van der Waals surface area contributed by atoms with E-state index in [2.05, 4.69) is 0 Å². The Labute approximate surface area is 97.0 Å². The number of rotatable bonds is 3. The summed E-state index contributed by atoms with van der Waals surface area (Å²) in [5, 5.41) is 0. The van der Waals surface area contributed by atoms with Crippen LogP contribution in [0.25, 0.3) is 0 Å². The van der Waals surface area contributed by atoms with Gasteiger partial charge in [-0.1, -0.05) is 0 Å². The summed E-state index contributed by atoms with van der Waals surface area (Å²) in [5.74, 6) is -2.48. The molecule has 0 unspecified atom stereocenters. The molecule has 0 saturated carbocycles. The van der Waals surface area contributed by atoms with Crippen LogP contribution in [0.5, 0.6) is 0 Å². The molecule has 17 heavy (non-hydrogen) atoms. The van der Waals surface area contributed by atoms with E-state index in [4.69, 9.17) is 0 Å². The normalized spacial score (nSPS) is 15.4. The second-order valence-electron chi connectivity index (χ2n) is 3.97. The predicted octanol–water partition coefficient (Wildman–Crippen LogP) is 1.77. The maximum absolute atomic E-state index is 12.9. The van der Waals surface area contributed by atoms with Crippen molar-refractivity contribution in [1.29, 1.82) is 0 Å². The van der Waals surface area contributed by atoms with E-state index in [0.29, 0.717) is 13.0 Å². The second kappa shape index (κ2) is 4.61. The van der Waals surface area contributed by atoms with Gasteiger partial charge in [0.15, 0.2) is 17.4 Å². The molecule has 90 valence electrons. The summed E-state index contributed by atoms with van der Waals surface area (Å²) in [5.41, 5.74) is 0.0867. The molecule has 0 atom stereocenters. The maximum Gasteiger partial charge on any atom is 0.223 e. The Bertz CT molecular complexity index is 474. The number of benzene rings is 1. The Kier molecular flexibility index (Phi) is 3.17. The lowest BCUT2D eigenvalue weighted by Gasteiger charge is -2.14. The van der Waals surface area contributed by atoms with Crippen LogP contribution in [-0.4, -0.2) is 29.7 Å². The van der Waals surface area contributed by atoms with E-state index < -0.39 is 11.6 Å². The fourth-order valence-electron chi connectivity index (χ4n) is 1.81. The molecular formula is C12H11F2NO2. The van der Waals surface area contributed by atoms with Crippen LogP contribution in [0.3, 0.4) is 0 Å². The van der Waals surface area contributed by atoms with Gasteiger partial charge >= 0.3 is 0 Å². The number of nitrogens with zero attached hydrogens (tertiary/aromatic N) is 1. The minimum absolute atomic E-state index is 0.0656. The molecular weight excluding hydrogens is 228 g/mol. The topological polar surface area (TPSA) is 37.4 Å². The first-order valence-electron chi connectivity index (χ1n) is 5.34. The van der Waals surface area contributed by atoms with E-state index in [1.807, 2.05) is 0 Å². The van der Waals surface area contributed by atoms with Gasteiger partial charge in [-0.2, -0.15) is 0 Å². The highest BCUT2D eigenvalue weighted by atomic mass is 19.2. The standard InChI is InChI=1S/C12H11F2NO2/c13-9-4-3-8(6-10(9)14)11(16)7-15-5-1-2-12(15)17/h3-4,6H,1-2,5,7H2. The van der Waals surface area contributed by atoms with Crippen molar-refractivity contribution < 1.29 is 18.4 Å². The number of hydrogen-bond acceptors (Lipinski definition) is 2. The third-order valence-electron chi connectivity index (χ3n) is 2.75. The molecule has 0 spiro atoms. The van der Waals surface area contributed by atoms with Crippen molar-refractivity contribution in [3.8, 4) is 0 Å². The molecule has 1 aromatic rings. The van der Waals surface area contributed by atoms with Gasteiger partial charge in [0.25, 0.3) is 0 Å². The number of ketones is 1. The van der Waals surface area contributed by atoms with E-state index in [0.717, 1.165) is 18.6 Å². The van der Waals surface area contributed by atoms with Gasteiger partial charge in [-0.15, -0.1) is 0 Å². The van der Waals surface area contributed by atoms with Gasteiger partial charge in [0.2, 0.25) is 5.91 Å². The van der Waals surface area contributed by atoms with Gasteiger partial charge in [0, 0.05) is 18.5 Å². The first kappa shape index (κ1) is 11.7. The number of carbonyl (C=O) groups is 2. The summed E-state index contributed by atoms with van der Waals surface area (Å²) in [6.07, 6.45) is 1.19. The molecule has 1 heterocycles. The first-order valence-corrected chi connectivity index (χ1v) is 5.34. The van der Waals surface area contributed by atoms with E-state index in [1.165, 1.54) is 11.0 Å². The van der Waals surface area contributed by atoms with E-state index in [9.17, 15) is 18.4 Å². The Balaban J connectivity index is 2.09. The van der Waals surface area contributed by atoms with Crippen LogP contribution in [0.2, 0.25) is 0 Å². The van der Waals surface area contributed by atoms with E-state index in [-0.39, 0.29) is 23.8 Å². The lowest BCUT2D eigenvalue weighted by molar-refractivity contribution is -0.127. The van der Waals surface area contributed by atoms with Crippen LogP contribution in [-0.2, 0) is 4.79 Å². The third-order valence-corrected chi connectivity index (χ3v) is 2.75. The fourth-order valence-corrected chi connectivity index (χ4v) is 1.81. The Morgan fingerprint density at radius 1 is 1.29 bits per heavy atom. The van der Waals surface area contributed by atoms with Crippen LogP contribution >= 0.6 is 0 Å². The number of halogens is 2. The van der Waals surface area contributed by atoms with Crippen molar-refractivity contribution in [1.82, 2.24) is 4.90 Å². The number of likely N-dealkylation sites (tertiary alicyclic amines) is 1. The van der Waals surface area contributed by atoms with Crippen molar-refractivity contribution in [3.05, 3.63) is 35.4 Å².